The molecule has 0 saturated heterocycles. The number of amides is 1. The number of aromatic nitrogens is 2. The van der Waals surface area contributed by atoms with Crippen LogP contribution in [0.15, 0.2) is 29.1 Å². The maximum absolute atomic E-state index is 13.6. The van der Waals surface area contributed by atoms with Gasteiger partial charge in [-0.2, -0.15) is 0 Å². The van der Waals surface area contributed by atoms with E-state index in [4.69, 9.17) is 20.2 Å². The number of carbonyl (C=O) groups excluding carboxylic acids is 2. The highest BCUT2D eigenvalue weighted by Gasteiger charge is 2.45. The van der Waals surface area contributed by atoms with Gasteiger partial charge >= 0.3 is 5.97 Å². The van der Waals surface area contributed by atoms with Crippen molar-refractivity contribution in [1.82, 2.24) is 14.9 Å². The van der Waals surface area contributed by atoms with Crippen molar-refractivity contribution < 1.29 is 24.2 Å². The first-order chi connectivity index (χ1) is 18.3. The molecule has 4 N–H and O–H groups in total. The number of nitrogens with one attached hydrogen (secondary N) is 1. The molecule has 0 bridgehead atoms. The van der Waals surface area contributed by atoms with Crippen LogP contribution in [0.4, 0.5) is 0 Å². The zero-order valence-electron chi connectivity index (χ0n) is 21.6. The summed E-state index contributed by atoms with van der Waals surface area (Å²) in [5, 5.41) is 15.0. The number of hydrogen-bond acceptors (Lipinski definition) is 8. The van der Waals surface area contributed by atoms with Crippen molar-refractivity contribution in [2.45, 2.75) is 64.3 Å². The molecule has 1 atom stereocenters. The van der Waals surface area contributed by atoms with E-state index in [1.54, 1.807) is 24.7 Å². The van der Waals surface area contributed by atoms with Gasteiger partial charge < -0.3 is 30.2 Å². The molecule has 10 heteroatoms. The molecule has 1 aromatic carbocycles. The summed E-state index contributed by atoms with van der Waals surface area (Å²) in [5.74, 6) is -0.167. The average Bonchev–Trinajstić information content (AvgIpc) is 3.29. The molecule has 200 valence electrons. The van der Waals surface area contributed by atoms with E-state index >= 15 is 0 Å². The fourth-order valence-corrected chi connectivity index (χ4v) is 5.35. The highest BCUT2D eigenvalue weighted by atomic mass is 16.6. The summed E-state index contributed by atoms with van der Waals surface area (Å²) in [7, 11) is 1.59. The summed E-state index contributed by atoms with van der Waals surface area (Å²) in [4.78, 5) is 43.5. The molecule has 0 aliphatic carbocycles. The normalized spacial score (nSPS) is 17.5. The summed E-state index contributed by atoms with van der Waals surface area (Å²) >= 11 is 0. The largest absolute Gasteiger partial charge is 0.497 e. The maximum Gasteiger partial charge on any atom is 0.343 e. The molecule has 0 fully saturated rings. The summed E-state index contributed by atoms with van der Waals surface area (Å²) in [6, 6.07) is 7.22. The molecule has 0 spiro atoms. The first-order valence-corrected chi connectivity index (χ1v) is 13.0. The quantitative estimate of drug-likeness (QED) is 0.225. The Kier molecular flexibility index (Phi) is 6.93. The Balaban J connectivity index is 1.60. The molecule has 1 amide bonds. The maximum atomic E-state index is 13.6. The Labute approximate surface area is 219 Å². The van der Waals surface area contributed by atoms with Gasteiger partial charge in [0.1, 0.15) is 12.4 Å². The Morgan fingerprint density at radius 3 is 2.79 bits per heavy atom. The van der Waals surface area contributed by atoms with Crippen molar-refractivity contribution in [2.24, 2.45) is 5.73 Å². The molecule has 0 unspecified atom stereocenters. The predicted molar refractivity (Wildman–Crippen MR) is 140 cm³/mol. The van der Waals surface area contributed by atoms with E-state index in [0.717, 1.165) is 35.8 Å². The fraction of sp³-hybridized carbons (Fsp3) is 0.429. The number of hydrogen-bond donors (Lipinski definition) is 3. The van der Waals surface area contributed by atoms with Crippen LogP contribution in [-0.2, 0) is 39.6 Å². The molecule has 4 heterocycles. The van der Waals surface area contributed by atoms with Gasteiger partial charge in [0.2, 0.25) is 5.91 Å². The van der Waals surface area contributed by atoms with E-state index in [1.165, 1.54) is 0 Å². The second-order valence-electron chi connectivity index (χ2n) is 9.78. The topological polar surface area (TPSA) is 146 Å². The lowest BCUT2D eigenvalue weighted by Gasteiger charge is -2.31. The second-order valence-corrected chi connectivity index (χ2v) is 9.78. The lowest BCUT2D eigenvalue weighted by molar-refractivity contribution is -0.172. The van der Waals surface area contributed by atoms with Crippen molar-refractivity contribution in [1.29, 1.82) is 0 Å². The van der Waals surface area contributed by atoms with E-state index in [0.29, 0.717) is 35.6 Å². The van der Waals surface area contributed by atoms with E-state index in [2.05, 4.69) is 5.32 Å². The number of benzene rings is 1. The first-order valence-electron chi connectivity index (χ1n) is 13.0. The highest BCUT2D eigenvalue weighted by Crippen LogP contribution is 2.40. The van der Waals surface area contributed by atoms with Crippen LogP contribution in [0.1, 0.15) is 61.3 Å². The summed E-state index contributed by atoms with van der Waals surface area (Å²) < 4.78 is 12.2. The van der Waals surface area contributed by atoms with Gasteiger partial charge in [-0.15, -0.1) is 0 Å². The van der Waals surface area contributed by atoms with Crippen molar-refractivity contribution in [3.63, 3.8) is 0 Å². The van der Waals surface area contributed by atoms with Gasteiger partial charge in [-0.1, -0.05) is 13.3 Å². The fourth-order valence-electron chi connectivity index (χ4n) is 5.35. The number of aliphatic hydroxyl groups is 1. The number of esters is 1. The van der Waals surface area contributed by atoms with Crippen LogP contribution in [0, 0.1) is 0 Å². The van der Waals surface area contributed by atoms with Gasteiger partial charge in [-0.05, 0) is 55.6 Å². The van der Waals surface area contributed by atoms with Gasteiger partial charge in [0.25, 0.3) is 5.56 Å². The minimum atomic E-state index is -1.89. The van der Waals surface area contributed by atoms with E-state index in [1.807, 2.05) is 18.2 Å². The number of methoxy groups -OCH3 is 1. The molecule has 10 nitrogen and oxygen atoms in total. The number of cyclic esters (lactones) is 1. The number of fused-ring (bicyclic) bond motifs is 5. The van der Waals surface area contributed by atoms with Gasteiger partial charge in [0, 0.05) is 29.5 Å². The lowest BCUT2D eigenvalue weighted by atomic mass is 9.86. The molecule has 5 rings (SSSR count). The van der Waals surface area contributed by atoms with Gasteiger partial charge in [0.05, 0.1) is 36.1 Å². The van der Waals surface area contributed by atoms with Crippen LogP contribution in [0.2, 0.25) is 0 Å². The first kappa shape index (κ1) is 25.9. The summed E-state index contributed by atoms with van der Waals surface area (Å²) in [6.07, 6.45) is 3.02. The number of pyridine rings is 2. The Bertz CT molecular complexity index is 1500. The van der Waals surface area contributed by atoms with Crippen molar-refractivity contribution in [3.05, 3.63) is 56.9 Å². The Morgan fingerprint density at radius 2 is 2.05 bits per heavy atom. The molecule has 0 radical (unpaired) electrons. The van der Waals surface area contributed by atoms with Crippen LogP contribution in [-0.4, -0.2) is 40.2 Å². The number of carbonyl (C=O) groups is 2. The lowest BCUT2D eigenvalue weighted by Crippen LogP contribution is -2.44. The third kappa shape index (κ3) is 4.23. The van der Waals surface area contributed by atoms with Gasteiger partial charge in [-0.3, -0.25) is 9.59 Å². The van der Waals surface area contributed by atoms with Crippen LogP contribution in [0.5, 0.6) is 5.75 Å². The van der Waals surface area contributed by atoms with Gasteiger partial charge in [0.15, 0.2) is 5.60 Å². The molecule has 38 heavy (non-hydrogen) atoms. The van der Waals surface area contributed by atoms with Crippen LogP contribution < -0.4 is 21.3 Å². The molecule has 3 aromatic rings. The van der Waals surface area contributed by atoms with Gasteiger partial charge in [-0.25, -0.2) is 9.78 Å². The van der Waals surface area contributed by atoms with E-state index < -0.39 is 11.6 Å². The second kappa shape index (κ2) is 10.2. The molecule has 2 aliphatic heterocycles. The third-order valence-electron chi connectivity index (χ3n) is 7.58. The Morgan fingerprint density at radius 1 is 1.24 bits per heavy atom. The van der Waals surface area contributed by atoms with Crippen LogP contribution in [0.25, 0.3) is 22.3 Å². The SMILES string of the molecule is CC[C@@]1(O)C(=O)OCc2c1cc1n(c2=O)Cc2c-1nc1ccc(OC)cc1c2CNC(=O)CCCCCN. The third-order valence-corrected chi connectivity index (χ3v) is 7.58. The summed E-state index contributed by atoms with van der Waals surface area (Å²) in [5.41, 5.74) is 7.31. The number of ether oxygens (including phenoxy) is 2. The number of nitrogens with zero attached hydrogens (tertiary/aromatic N) is 2. The van der Waals surface area contributed by atoms with Crippen molar-refractivity contribution in [3.8, 4) is 17.1 Å². The molecule has 0 saturated carbocycles. The number of rotatable bonds is 9. The monoisotopic (exact) mass is 520 g/mol. The summed E-state index contributed by atoms with van der Waals surface area (Å²) in [6.45, 7) is 2.60. The zero-order chi connectivity index (χ0) is 27.0. The van der Waals surface area contributed by atoms with E-state index in [9.17, 15) is 19.5 Å². The smallest absolute Gasteiger partial charge is 0.343 e. The Hall–Kier alpha value is -3.76. The molecular weight excluding hydrogens is 488 g/mol. The van der Waals surface area contributed by atoms with Crippen molar-refractivity contribution >= 4 is 22.8 Å². The minimum absolute atomic E-state index is 0.0598. The highest BCUT2D eigenvalue weighted by molar-refractivity contribution is 5.90. The van der Waals surface area contributed by atoms with E-state index in [-0.39, 0.29) is 48.7 Å². The van der Waals surface area contributed by atoms with Crippen LogP contribution >= 0.6 is 0 Å². The standard InChI is InChI=1S/C28H32N4O6/c1-3-28(36)21-12-23-25-19(14-32(23)26(34)20(21)15-38-27(28)35)18(13-30-24(33)7-5-4-6-10-29)17-11-16(37-2)8-9-22(17)31-25/h8-9,11-12,36H,3-7,10,13-15,29H2,1-2H3,(H,30,33)/t28-/m0/s1. The zero-order valence-corrected chi connectivity index (χ0v) is 21.6. The number of unbranched alkanes of at least 4 members (excludes halogenated alkanes) is 2. The molecular formula is C28H32N4O6. The minimum Gasteiger partial charge on any atom is -0.497 e. The van der Waals surface area contributed by atoms with Crippen LogP contribution in [0.3, 0.4) is 0 Å². The average molecular weight is 521 g/mol. The predicted octanol–water partition coefficient (Wildman–Crippen LogP) is 2.22. The van der Waals surface area contributed by atoms with Crippen molar-refractivity contribution in [2.75, 3.05) is 13.7 Å². The molecule has 2 aliphatic rings. The number of nitrogens with two attached hydrogens (primary N) is 1. The molecule has 2 aromatic heterocycles.